The number of aryl methyl sites for hydroxylation is 2. The number of rotatable bonds is 6. The van der Waals surface area contributed by atoms with Crippen molar-refractivity contribution in [3.8, 4) is 11.4 Å². The quantitative estimate of drug-likeness (QED) is 0.256. The third-order valence-electron chi connectivity index (χ3n) is 6.98. The number of amides is 1. The Morgan fingerprint density at radius 3 is 2.68 bits per heavy atom. The van der Waals surface area contributed by atoms with Crippen LogP contribution >= 0.6 is 0 Å². The van der Waals surface area contributed by atoms with Gasteiger partial charge in [0.15, 0.2) is 0 Å². The second-order valence-corrected chi connectivity index (χ2v) is 8.99. The molecule has 1 aromatic carbocycles. The van der Waals surface area contributed by atoms with Gasteiger partial charge >= 0.3 is 6.16 Å². The molecule has 10 nitrogen and oxygen atoms in total. The molecule has 1 aliphatic heterocycles. The molecule has 0 bridgehead atoms. The lowest BCUT2D eigenvalue weighted by atomic mass is 9.83. The molecule has 38 heavy (non-hydrogen) atoms. The van der Waals surface area contributed by atoms with Crippen LogP contribution in [-0.4, -0.2) is 40.0 Å². The van der Waals surface area contributed by atoms with Gasteiger partial charge < -0.3 is 30.2 Å². The van der Waals surface area contributed by atoms with E-state index in [2.05, 4.69) is 10.1 Å². The van der Waals surface area contributed by atoms with Crippen LogP contribution in [0.3, 0.4) is 0 Å². The number of pyridine rings is 2. The summed E-state index contributed by atoms with van der Waals surface area (Å²) < 4.78 is 27.1. The van der Waals surface area contributed by atoms with Gasteiger partial charge in [-0.25, -0.2) is 14.2 Å². The number of nitrogens with two attached hydrogens (primary N) is 1. The van der Waals surface area contributed by atoms with Crippen molar-refractivity contribution in [2.24, 2.45) is 5.73 Å². The molecule has 3 aromatic rings. The van der Waals surface area contributed by atoms with E-state index in [-0.39, 0.29) is 49.3 Å². The Morgan fingerprint density at radius 1 is 1.26 bits per heavy atom. The predicted molar refractivity (Wildman–Crippen MR) is 138 cm³/mol. The average Bonchev–Trinajstić information content (AvgIpc) is 3.26. The molecule has 1 aliphatic carbocycles. The molecule has 1 atom stereocenters. The summed E-state index contributed by atoms with van der Waals surface area (Å²) in [5.74, 6) is -0.696. The topological polar surface area (TPSA) is 146 Å². The minimum absolute atomic E-state index is 0.0442. The maximum absolute atomic E-state index is 14.8. The number of fused-ring (bicyclic) bond motifs is 4. The summed E-state index contributed by atoms with van der Waals surface area (Å²) >= 11 is 0. The lowest BCUT2D eigenvalue weighted by molar-refractivity contribution is -0.122. The van der Waals surface area contributed by atoms with Gasteiger partial charge in [0.2, 0.25) is 5.91 Å². The lowest BCUT2D eigenvalue weighted by Crippen LogP contribution is -2.33. The van der Waals surface area contributed by atoms with Crippen molar-refractivity contribution in [3.05, 3.63) is 61.7 Å². The second-order valence-electron chi connectivity index (χ2n) is 8.99. The number of halogens is 1. The number of hydrogen-bond acceptors (Lipinski definition) is 7. The van der Waals surface area contributed by atoms with Crippen LogP contribution in [0.15, 0.2) is 16.9 Å². The van der Waals surface area contributed by atoms with Gasteiger partial charge in [0.25, 0.3) is 5.56 Å². The van der Waals surface area contributed by atoms with Crippen LogP contribution in [0.4, 0.5) is 9.18 Å². The molecular weight excluding hydrogens is 495 g/mol. The Balaban J connectivity index is 0.00000164. The zero-order chi connectivity index (χ0) is 27.7. The molecule has 0 saturated heterocycles. The standard InChI is InChI=1S/C25H25FN4O6.C2H6/c1-11-5-18-23-14(8-30(18)24(32)15(11)9-35-25(33)34)22-19(36-10-28-20(31)7-27)4-3-13-12(2)16(26)6-17(29-23)21(13)22;1-2/h5-6,19H,3-4,7-10,27H2,1-2H3,(H,28,31)(H,33,34);1-2H3. The number of hydrogen-bond donors (Lipinski definition) is 3. The normalized spacial score (nSPS) is 14.8. The highest BCUT2D eigenvalue weighted by atomic mass is 19.1. The Kier molecular flexibility index (Phi) is 7.79. The third-order valence-corrected chi connectivity index (χ3v) is 6.98. The number of carbonyl (C=O) groups is 2. The first-order chi connectivity index (χ1) is 18.2. The molecular formula is C27H31FN4O6. The van der Waals surface area contributed by atoms with Gasteiger partial charge in [-0.05, 0) is 55.0 Å². The molecule has 1 amide bonds. The van der Waals surface area contributed by atoms with E-state index in [1.807, 2.05) is 13.8 Å². The number of ether oxygens (including phenoxy) is 2. The van der Waals surface area contributed by atoms with Crippen LogP contribution in [0.5, 0.6) is 0 Å². The molecule has 0 radical (unpaired) electrons. The van der Waals surface area contributed by atoms with E-state index < -0.39 is 12.3 Å². The number of aromatic nitrogens is 2. The highest BCUT2D eigenvalue weighted by Gasteiger charge is 2.34. The molecule has 4 N–H and O–H groups in total. The Hall–Kier alpha value is -3.83. The van der Waals surface area contributed by atoms with Crippen molar-refractivity contribution in [3.63, 3.8) is 0 Å². The van der Waals surface area contributed by atoms with E-state index in [4.69, 9.17) is 20.6 Å². The molecule has 1 unspecified atom stereocenters. The van der Waals surface area contributed by atoms with Gasteiger partial charge in [-0.2, -0.15) is 0 Å². The van der Waals surface area contributed by atoms with Crippen molar-refractivity contribution in [2.45, 2.75) is 59.8 Å². The first-order valence-electron chi connectivity index (χ1n) is 12.5. The van der Waals surface area contributed by atoms with Crippen molar-refractivity contribution < 1.29 is 28.6 Å². The van der Waals surface area contributed by atoms with Crippen LogP contribution in [0.2, 0.25) is 0 Å². The summed E-state index contributed by atoms with van der Waals surface area (Å²) in [5, 5.41) is 12.3. The van der Waals surface area contributed by atoms with Gasteiger partial charge in [-0.1, -0.05) is 13.8 Å². The number of benzene rings is 1. The zero-order valence-corrected chi connectivity index (χ0v) is 21.8. The average molecular weight is 527 g/mol. The molecule has 0 saturated carbocycles. The van der Waals surface area contributed by atoms with Crippen LogP contribution in [-0.2, 0) is 33.8 Å². The number of carboxylic acid groups (broad SMARTS) is 1. The molecule has 11 heteroatoms. The van der Waals surface area contributed by atoms with E-state index >= 15 is 0 Å². The number of nitrogens with one attached hydrogen (secondary N) is 1. The van der Waals surface area contributed by atoms with Gasteiger partial charge in [-0.15, -0.1) is 0 Å². The van der Waals surface area contributed by atoms with Crippen LogP contribution in [0, 0.1) is 19.7 Å². The predicted octanol–water partition coefficient (Wildman–Crippen LogP) is 3.44. The maximum Gasteiger partial charge on any atom is 0.506 e. The molecule has 3 heterocycles. The highest BCUT2D eigenvalue weighted by Crippen LogP contribution is 2.45. The minimum Gasteiger partial charge on any atom is -0.450 e. The Labute approximate surface area is 218 Å². The van der Waals surface area contributed by atoms with Crippen molar-refractivity contribution in [1.82, 2.24) is 14.9 Å². The fraction of sp³-hybridized carbons (Fsp3) is 0.407. The summed E-state index contributed by atoms with van der Waals surface area (Å²) in [5.41, 5.74) is 10.4. The van der Waals surface area contributed by atoms with Crippen LogP contribution in [0.1, 0.15) is 59.8 Å². The third kappa shape index (κ3) is 4.63. The summed E-state index contributed by atoms with van der Waals surface area (Å²) in [7, 11) is 0. The second kappa shape index (κ2) is 10.9. The highest BCUT2D eigenvalue weighted by molar-refractivity contribution is 5.92. The summed E-state index contributed by atoms with van der Waals surface area (Å²) in [6, 6.07) is 3.17. The smallest absolute Gasteiger partial charge is 0.450 e. The van der Waals surface area contributed by atoms with E-state index in [0.29, 0.717) is 40.9 Å². The molecule has 0 spiro atoms. The van der Waals surface area contributed by atoms with Crippen molar-refractivity contribution in [2.75, 3.05) is 13.3 Å². The van der Waals surface area contributed by atoms with E-state index in [9.17, 15) is 18.8 Å². The van der Waals surface area contributed by atoms with E-state index in [1.165, 1.54) is 10.6 Å². The SMILES string of the molecule is CC.Cc1cc2n(c(=O)c1COC(=O)O)Cc1c-2nc2cc(F)c(C)c3c2c1C(OCNC(=O)CN)CC3. The van der Waals surface area contributed by atoms with Crippen molar-refractivity contribution >= 4 is 23.0 Å². The first-order valence-corrected chi connectivity index (χ1v) is 12.5. The maximum atomic E-state index is 14.8. The van der Waals surface area contributed by atoms with Gasteiger partial charge in [0.1, 0.15) is 19.2 Å². The summed E-state index contributed by atoms with van der Waals surface area (Å²) in [4.78, 5) is 40.6. The number of nitrogens with zero attached hydrogens (tertiary/aromatic N) is 2. The monoisotopic (exact) mass is 526 g/mol. The minimum atomic E-state index is -1.47. The number of carbonyl (C=O) groups excluding carboxylic acids is 1. The molecule has 0 fully saturated rings. The molecule has 5 rings (SSSR count). The molecule has 202 valence electrons. The lowest BCUT2D eigenvalue weighted by Gasteiger charge is -2.29. The fourth-order valence-electron chi connectivity index (χ4n) is 5.19. The van der Waals surface area contributed by atoms with Gasteiger partial charge in [-0.3, -0.25) is 9.59 Å². The fourth-order valence-corrected chi connectivity index (χ4v) is 5.19. The largest absolute Gasteiger partial charge is 0.506 e. The van der Waals surface area contributed by atoms with E-state index in [0.717, 1.165) is 22.1 Å². The Bertz CT molecular complexity index is 1500. The van der Waals surface area contributed by atoms with Crippen molar-refractivity contribution in [1.29, 1.82) is 0 Å². The van der Waals surface area contributed by atoms with Gasteiger partial charge in [0.05, 0.1) is 41.7 Å². The van der Waals surface area contributed by atoms with Crippen LogP contribution in [0.25, 0.3) is 22.3 Å². The Morgan fingerprint density at radius 2 is 2.00 bits per heavy atom. The zero-order valence-electron chi connectivity index (χ0n) is 21.8. The summed E-state index contributed by atoms with van der Waals surface area (Å²) in [6.45, 7) is 7.08. The molecule has 2 aromatic heterocycles. The first kappa shape index (κ1) is 27.2. The van der Waals surface area contributed by atoms with Gasteiger partial charge in [0, 0.05) is 17.0 Å². The van der Waals surface area contributed by atoms with E-state index in [1.54, 1.807) is 19.9 Å². The molecule has 2 aliphatic rings. The summed E-state index contributed by atoms with van der Waals surface area (Å²) in [6.07, 6.45) is -0.748. The van der Waals surface area contributed by atoms with Crippen LogP contribution < -0.4 is 16.6 Å².